The molecular weight excluding hydrogens is 424 g/mol. The quantitative estimate of drug-likeness (QED) is 0.333. The minimum absolute atomic E-state index is 0.200. The van der Waals surface area contributed by atoms with Gasteiger partial charge in [-0.05, 0) is 31.9 Å². The van der Waals surface area contributed by atoms with E-state index in [0.29, 0.717) is 6.61 Å². The summed E-state index contributed by atoms with van der Waals surface area (Å²) >= 11 is 5.07. The highest BCUT2D eigenvalue weighted by Gasteiger charge is 2.32. The largest absolute Gasteiger partial charge is 0.378 e. The van der Waals surface area contributed by atoms with Gasteiger partial charge in [0.1, 0.15) is 10.8 Å². The molecule has 0 aromatic carbocycles. The Balaban J connectivity index is 1.85. The topological polar surface area (TPSA) is 60.4 Å². The molecule has 154 valence electrons. The fraction of sp³-hybridized carbons (Fsp3) is 0.550. The molecule has 0 unspecified atom stereocenters. The Morgan fingerprint density at radius 1 is 1.03 bits per heavy atom. The Kier molecular flexibility index (Phi) is 5.14. The molecule has 3 aromatic heterocycles. The van der Waals surface area contributed by atoms with Gasteiger partial charge in [-0.2, -0.15) is 0 Å². The van der Waals surface area contributed by atoms with Gasteiger partial charge in [0.25, 0.3) is 0 Å². The van der Waals surface area contributed by atoms with Crippen molar-refractivity contribution in [3.8, 4) is 0 Å². The molecule has 1 saturated heterocycles. The van der Waals surface area contributed by atoms with Gasteiger partial charge in [-0.15, -0.1) is 23.1 Å². The molecule has 5 rings (SSSR count). The molecule has 0 bridgehead atoms. The second-order valence-corrected chi connectivity index (χ2v) is 10.5. The van der Waals surface area contributed by atoms with Crippen LogP contribution in [0.15, 0.2) is 10.2 Å². The van der Waals surface area contributed by atoms with Gasteiger partial charge in [-0.1, -0.05) is 11.8 Å². The van der Waals surface area contributed by atoms with Crippen molar-refractivity contribution in [2.75, 3.05) is 43.7 Å². The Bertz CT molecular complexity index is 1090. The number of fused-ring (bicyclic) bond motifs is 5. The number of rotatable bonds is 3. The number of anilines is 1. The number of hydrogen-bond acceptors (Lipinski definition) is 9. The van der Waals surface area contributed by atoms with Crippen molar-refractivity contribution < 1.29 is 9.47 Å². The lowest BCUT2D eigenvalue weighted by atomic mass is 9.92. The van der Waals surface area contributed by atoms with Gasteiger partial charge in [0.15, 0.2) is 5.16 Å². The van der Waals surface area contributed by atoms with E-state index in [0.717, 1.165) is 59.9 Å². The normalized spacial score (nSPS) is 19.1. The highest BCUT2D eigenvalue weighted by molar-refractivity contribution is 7.99. The van der Waals surface area contributed by atoms with E-state index in [-0.39, 0.29) is 5.60 Å². The predicted octanol–water partition coefficient (Wildman–Crippen LogP) is 4.37. The fourth-order valence-corrected chi connectivity index (χ4v) is 6.46. The van der Waals surface area contributed by atoms with E-state index in [4.69, 9.17) is 24.4 Å². The van der Waals surface area contributed by atoms with Crippen LogP contribution in [0.4, 0.5) is 5.82 Å². The zero-order chi connectivity index (χ0) is 20.2. The number of nitrogens with zero attached hydrogens (tertiary/aromatic N) is 4. The maximum atomic E-state index is 6.12. The molecule has 2 aliphatic heterocycles. The highest BCUT2D eigenvalue weighted by atomic mass is 32.2. The summed E-state index contributed by atoms with van der Waals surface area (Å²) in [5.41, 5.74) is 3.21. The van der Waals surface area contributed by atoms with Crippen LogP contribution >= 0.6 is 34.9 Å². The lowest BCUT2D eigenvalue weighted by Crippen LogP contribution is -2.38. The molecule has 0 spiro atoms. The summed E-state index contributed by atoms with van der Waals surface area (Å²) in [6, 6.07) is 0. The molecule has 0 atom stereocenters. The molecule has 5 heterocycles. The molecule has 9 heteroatoms. The predicted molar refractivity (Wildman–Crippen MR) is 122 cm³/mol. The van der Waals surface area contributed by atoms with Gasteiger partial charge in [-0.3, -0.25) is 0 Å². The zero-order valence-electron chi connectivity index (χ0n) is 17.1. The van der Waals surface area contributed by atoms with Gasteiger partial charge >= 0.3 is 0 Å². The van der Waals surface area contributed by atoms with Crippen molar-refractivity contribution in [2.24, 2.45) is 0 Å². The van der Waals surface area contributed by atoms with Crippen molar-refractivity contribution in [1.29, 1.82) is 0 Å². The number of hydrogen-bond donors (Lipinski definition) is 0. The molecule has 0 amide bonds. The molecule has 0 N–H and O–H groups in total. The van der Waals surface area contributed by atoms with Crippen LogP contribution in [-0.4, -0.2) is 59.4 Å². The van der Waals surface area contributed by atoms with Gasteiger partial charge in [0.05, 0.1) is 46.0 Å². The van der Waals surface area contributed by atoms with Gasteiger partial charge in [0, 0.05) is 24.9 Å². The molecule has 6 nitrogen and oxygen atoms in total. The second kappa shape index (κ2) is 7.53. The second-order valence-electron chi connectivity index (χ2n) is 7.89. The smallest absolute Gasteiger partial charge is 0.189 e. The van der Waals surface area contributed by atoms with Crippen molar-refractivity contribution >= 4 is 61.0 Å². The first-order valence-corrected chi connectivity index (χ1v) is 13.0. The number of thioether (sulfide) groups is 2. The van der Waals surface area contributed by atoms with Crippen LogP contribution < -0.4 is 4.90 Å². The van der Waals surface area contributed by atoms with E-state index in [2.05, 4.69) is 25.0 Å². The summed E-state index contributed by atoms with van der Waals surface area (Å²) in [6.07, 6.45) is 4.96. The first-order chi connectivity index (χ1) is 14.0. The maximum Gasteiger partial charge on any atom is 0.189 e. The molecule has 3 aromatic rings. The SMILES string of the molecule is CSc1nc(SC)c2sc3c(N4CCOCC4)nc4c(c3c2n1)CC(C)(C)OC4. The summed E-state index contributed by atoms with van der Waals surface area (Å²) in [4.78, 5) is 17.2. The molecule has 29 heavy (non-hydrogen) atoms. The Hall–Kier alpha value is -1.13. The first-order valence-electron chi connectivity index (χ1n) is 9.71. The number of thiophene rings is 1. The van der Waals surface area contributed by atoms with E-state index >= 15 is 0 Å². The summed E-state index contributed by atoms with van der Waals surface area (Å²) in [6.45, 7) is 8.05. The fourth-order valence-electron chi connectivity index (χ4n) is 4.03. The molecule has 0 saturated carbocycles. The molecule has 2 aliphatic rings. The summed E-state index contributed by atoms with van der Waals surface area (Å²) in [5.74, 6) is 1.05. The lowest BCUT2D eigenvalue weighted by Gasteiger charge is -2.34. The van der Waals surface area contributed by atoms with Crippen molar-refractivity contribution in [3.63, 3.8) is 0 Å². The molecule has 0 aliphatic carbocycles. The number of ether oxygens (including phenoxy) is 2. The van der Waals surface area contributed by atoms with Crippen LogP contribution in [0.25, 0.3) is 20.3 Å². The number of aromatic nitrogens is 3. The van der Waals surface area contributed by atoms with Crippen LogP contribution in [0.5, 0.6) is 0 Å². The standard InChI is InChI=1S/C20H24N4O2S3/c1-20(2)9-11-12(10-26-20)21-17(24-5-7-25-8-6-24)15-13(11)14-16(29-15)18(27-3)23-19(22-14)28-4/h5-10H2,1-4H3. The third-order valence-electron chi connectivity index (χ3n) is 5.46. The minimum Gasteiger partial charge on any atom is -0.378 e. The van der Waals surface area contributed by atoms with E-state index < -0.39 is 0 Å². The third-order valence-corrected chi connectivity index (χ3v) is 8.01. The summed E-state index contributed by atoms with van der Waals surface area (Å²) < 4.78 is 14.1. The number of morpholine rings is 1. The van der Waals surface area contributed by atoms with E-state index in [1.165, 1.54) is 20.3 Å². The van der Waals surface area contributed by atoms with E-state index in [1.54, 1.807) is 34.9 Å². The van der Waals surface area contributed by atoms with Crippen LogP contribution in [0, 0.1) is 0 Å². The molecule has 1 fully saturated rings. The van der Waals surface area contributed by atoms with Crippen molar-refractivity contribution in [2.45, 2.75) is 42.7 Å². The first kappa shape index (κ1) is 19.8. The average Bonchev–Trinajstić information content (AvgIpc) is 3.12. The van der Waals surface area contributed by atoms with Crippen LogP contribution in [0.2, 0.25) is 0 Å². The summed E-state index contributed by atoms with van der Waals surface area (Å²) in [5, 5.41) is 3.13. The Labute approximate surface area is 182 Å². The Morgan fingerprint density at radius 3 is 2.55 bits per heavy atom. The monoisotopic (exact) mass is 448 g/mol. The lowest BCUT2D eigenvalue weighted by molar-refractivity contribution is -0.0415. The zero-order valence-corrected chi connectivity index (χ0v) is 19.5. The van der Waals surface area contributed by atoms with Gasteiger partial charge in [-0.25, -0.2) is 15.0 Å². The highest BCUT2D eigenvalue weighted by Crippen LogP contribution is 2.46. The Morgan fingerprint density at radius 2 is 1.83 bits per heavy atom. The van der Waals surface area contributed by atoms with Crippen LogP contribution in [0.1, 0.15) is 25.1 Å². The van der Waals surface area contributed by atoms with Crippen LogP contribution in [0.3, 0.4) is 0 Å². The van der Waals surface area contributed by atoms with E-state index in [1.807, 2.05) is 6.26 Å². The average molecular weight is 449 g/mol. The minimum atomic E-state index is -0.200. The molecular formula is C20H24N4O2S3. The third kappa shape index (κ3) is 3.40. The van der Waals surface area contributed by atoms with Crippen molar-refractivity contribution in [1.82, 2.24) is 15.0 Å². The van der Waals surface area contributed by atoms with Crippen molar-refractivity contribution in [3.05, 3.63) is 11.3 Å². The number of pyridine rings is 1. The maximum absolute atomic E-state index is 6.12. The van der Waals surface area contributed by atoms with Gasteiger partial charge < -0.3 is 14.4 Å². The van der Waals surface area contributed by atoms with E-state index in [9.17, 15) is 0 Å². The van der Waals surface area contributed by atoms with Gasteiger partial charge in [0.2, 0.25) is 0 Å². The summed E-state index contributed by atoms with van der Waals surface area (Å²) in [7, 11) is 0. The molecule has 0 radical (unpaired) electrons. The van der Waals surface area contributed by atoms with Crippen LogP contribution in [-0.2, 0) is 22.5 Å².